The minimum absolute atomic E-state index is 0.103. The van der Waals surface area contributed by atoms with Crippen LogP contribution in [0.5, 0.6) is 0 Å². The molecular formula is C18H21ClN4O2S. The SMILES string of the molecule is CCCN1CCc2nc(SCC(=O)Nc3cccc(Cl)c3)[nH]c(=O)c2C1. The first-order valence-corrected chi connectivity index (χ1v) is 9.94. The molecule has 2 heterocycles. The molecule has 2 aromatic rings. The van der Waals surface area contributed by atoms with Gasteiger partial charge in [0.2, 0.25) is 5.91 Å². The molecule has 1 amide bonds. The van der Waals surface area contributed by atoms with Gasteiger partial charge in [-0.05, 0) is 31.2 Å². The van der Waals surface area contributed by atoms with Gasteiger partial charge in [0, 0.05) is 30.2 Å². The van der Waals surface area contributed by atoms with Crippen LogP contribution in [0.25, 0.3) is 0 Å². The second-order valence-electron chi connectivity index (χ2n) is 6.17. The number of amides is 1. The van der Waals surface area contributed by atoms with E-state index in [9.17, 15) is 9.59 Å². The summed E-state index contributed by atoms with van der Waals surface area (Å²) in [6.45, 7) is 4.67. The Hall–Kier alpha value is -1.83. The number of H-pyrrole nitrogens is 1. The maximum atomic E-state index is 12.4. The Bertz CT molecular complexity index is 855. The fourth-order valence-electron chi connectivity index (χ4n) is 2.93. The van der Waals surface area contributed by atoms with Crippen LogP contribution in [-0.2, 0) is 17.8 Å². The number of thioether (sulfide) groups is 1. The van der Waals surface area contributed by atoms with Gasteiger partial charge < -0.3 is 10.3 Å². The van der Waals surface area contributed by atoms with Crippen molar-refractivity contribution >= 4 is 35.0 Å². The van der Waals surface area contributed by atoms with E-state index in [-0.39, 0.29) is 17.2 Å². The number of aromatic nitrogens is 2. The predicted molar refractivity (Wildman–Crippen MR) is 105 cm³/mol. The first-order chi connectivity index (χ1) is 12.5. The van der Waals surface area contributed by atoms with Crippen molar-refractivity contribution in [2.45, 2.75) is 31.5 Å². The molecule has 138 valence electrons. The summed E-state index contributed by atoms with van der Waals surface area (Å²) in [4.78, 5) is 34.0. The minimum Gasteiger partial charge on any atom is -0.325 e. The summed E-state index contributed by atoms with van der Waals surface area (Å²) >= 11 is 7.13. The van der Waals surface area contributed by atoms with Crippen molar-refractivity contribution in [3.05, 3.63) is 50.9 Å². The topological polar surface area (TPSA) is 78.1 Å². The molecule has 0 spiro atoms. The van der Waals surface area contributed by atoms with Crippen LogP contribution in [0.1, 0.15) is 24.6 Å². The monoisotopic (exact) mass is 392 g/mol. The first-order valence-electron chi connectivity index (χ1n) is 8.58. The lowest BCUT2D eigenvalue weighted by atomic mass is 10.1. The van der Waals surface area contributed by atoms with E-state index in [2.05, 4.69) is 27.1 Å². The van der Waals surface area contributed by atoms with E-state index >= 15 is 0 Å². The standard InChI is InChI=1S/C18H21ClN4O2S/c1-2-7-23-8-6-15-14(10-23)17(25)22-18(21-15)26-11-16(24)20-13-5-3-4-12(19)9-13/h3-5,9H,2,6-8,10-11H2,1H3,(H,20,24)(H,21,22,25). The molecule has 1 aliphatic heterocycles. The van der Waals surface area contributed by atoms with Crippen LogP contribution in [0.4, 0.5) is 5.69 Å². The van der Waals surface area contributed by atoms with E-state index in [1.165, 1.54) is 11.8 Å². The second kappa shape index (κ2) is 8.70. The first kappa shape index (κ1) is 18.9. The molecule has 26 heavy (non-hydrogen) atoms. The summed E-state index contributed by atoms with van der Waals surface area (Å²) < 4.78 is 0. The van der Waals surface area contributed by atoms with Crippen LogP contribution >= 0.6 is 23.4 Å². The average Bonchev–Trinajstić information content (AvgIpc) is 2.61. The number of aromatic amines is 1. The van der Waals surface area contributed by atoms with E-state index in [1.54, 1.807) is 24.3 Å². The molecule has 1 aromatic heterocycles. The maximum Gasteiger partial charge on any atom is 0.256 e. The Kier molecular flexibility index (Phi) is 6.34. The highest BCUT2D eigenvalue weighted by atomic mass is 35.5. The average molecular weight is 393 g/mol. The van der Waals surface area contributed by atoms with Crippen LogP contribution in [0.2, 0.25) is 5.02 Å². The van der Waals surface area contributed by atoms with E-state index in [0.717, 1.165) is 37.2 Å². The summed E-state index contributed by atoms with van der Waals surface area (Å²) in [7, 11) is 0. The number of rotatable bonds is 6. The Labute approximate surface area is 161 Å². The molecule has 0 fully saturated rings. The van der Waals surface area contributed by atoms with Crippen LogP contribution in [0, 0.1) is 0 Å². The predicted octanol–water partition coefficient (Wildman–Crippen LogP) is 2.92. The third-order valence-electron chi connectivity index (χ3n) is 4.11. The van der Waals surface area contributed by atoms with Gasteiger partial charge in [-0.1, -0.05) is 36.4 Å². The van der Waals surface area contributed by atoms with Gasteiger partial charge in [0.25, 0.3) is 5.56 Å². The van der Waals surface area contributed by atoms with E-state index in [4.69, 9.17) is 11.6 Å². The molecule has 0 saturated heterocycles. The van der Waals surface area contributed by atoms with E-state index in [1.807, 2.05) is 0 Å². The Morgan fingerprint density at radius 2 is 2.31 bits per heavy atom. The highest BCUT2D eigenvalue weighted by molar-refractivity contribution is 7.99. The maximum absolute atomic E-state index is 12.4. The summed E-state index contributed by atoms with van der Waals surface area (Å²) in [6, 6.07) is 6.98. The molecule has 2 N–H and O–H groups in total. The Morgan fingerprint density at radius 1 is 1.46 bits per heavy atom. The summed E-state index contributed by atoms with van der Waals surface area (Å²) in [5, 5.41) is 3.83. The van der Waals surface area contributed by atoms with Gasteiger partial charge in [0.05, 0.1) is 17.0 Å². The molecule has 0 aliphatic carbocycles. The van der Waals surface area contributed by atoms with Gasteiger partial charge in [-0.25, -0.2) is 4.98 Å². The number of fused-ring (bicyclic) bond motifs is 1. The second-order valence-corrected chi connectivity index (χ2v) is 7.57. The zero-order valence-electron chi connectivity index (χ0n) is 14.5. The summed E-state index contributed by atoms with van der Waals surface area (Å²) in [5.74, 6) is -0.0114. The normalized spacial score (nSPS) is 14.1. The smallest absolute Gasteiger partial charge is 0.256 e. The number of nitrogens with zero attached hydrogens (tertiary/aromatic N) is 2. The van der Waals surface area contributed by atoms with Crippen molar-refractivity contribution in [2.75, 3.05) is 24.2 Å². The Balaban J connectivity index is 1.61. The van der Waals surface area contributed by atoms with Gasteiger partial charge in [0.1, 0.15) is 0 Å². The van der Waals surface area contributed by atoms with Crippen molar-refractivity contribution in [2.24, 2.45) is 0 Å². The molecule has 0 bridgehead atoms. The third-order valence-corrected chi connectivity index (χ3v) is 5.22. The molecule has 1 aliphatic rings. The van der Waals surface area contributed by atoms with Crippen molar-refractivity contribution < 1.29 is 4.79 Å². The van der Waals surface area contributed by atoms with Gasteiger partial charge >= 0.3 is 0 Å². The van der Waals surface area contributed by atoms with Gasteiger partial charge in [-0.3, -0.25) is 14.5 Å². The van der Waals surface area contributed by atoms with Crippen LogP contribution in [-0.4, -0.2) is 39.6 Å². The molecule has 3 rings (SSSR count). The molecular weight excluding hydrogens is 372 g/mol. The molecule has 0 saturated carbocycles. The summed E-state index contributed by atoms with van der Waals surface area (Å²) in [6.07, 6.45) is 1.83. The zero-order valence-corrected chi connectivity index (χ0v) is 16.1. The molecule has 0 atom stereocenters. The largest absolute Gasteiger partial charge is 0.325 e. The van der Waals surface area contributed by atoms with Crippen molar-refractivity contribution in [3.63, 3.8) is 0 Å². The fourth-order valence-corrected chi connectivity index (χ4v) is 3.80. The number of hydrogen-bond donors (Lipinski definition) is 2. The minimum atomic E-state index is -0.174. The number of carbonyl (C=O) groups excluding carboxylic acids is 1. The summed E-state index contributed by atoms with van der Waals surface area (Å²) in [5.41, 5.74) is 2.14. The molecule has 6 nitrogen and oxygen atoms in total. The van der Waals surface area contributed by atoms with E-state index in [0.29, 0.717) is 22.4 Å². The lowest BCUT2D eigenvalue weighted by Crippen LogP contribution is -2.36. The highest BCUT2D eigenvalue weighted by Gasteiger charge is 2.20. The number of benzene rings is 1. The molecule has 0 unspecified atom stereocenters. The highest BCUT2D eigenvalue weighted by Crippen LogP contribution is 2.19. The molecule has 8 heteroatoms. The van der Waals surface area contributed by atoms with Gasteiger partial charge in [0.15, 0.2) is 5.16 Å². The lowest BCUT2D eigenvalue weighted by molar-refractivity contribution is -0.113. The number of hydrogen-bond acceptors (Lipinski definition) is 5. The zero-order chi connectivity index (χ0) is 18.5. The number of halogens is 1. The molecule has 1 aromatic carbocycles. The van der Waals surface area contributed by atoms with Gasteiger partial charge in [-0.15, -0.1) is 0 Å². The van der Waals surface area contributed by atoms with Crippen LogP contribution in [0.3, 0.4) is 0 Å². The lowest BCUT2D eigenvalue weighted by Gasteiger charge is -2.27. The van der Waals surface area contributed by atoms with Crippen LogP contribution in [0.15, 0.2) is 34.2 Å². The van der Waals surface area contributed by atoms with Crippen molar-refractivity contribution in [1.29, 1.82) is 0 Å². The third kappa shape index (κ3) is 4.87. The quantitative estimate of drug-likeness (QED) is 0.583. The fraction of sp³-hybridized carbons (Fsp3) is 0.389. The number of anilines is 1. The van der Waals surface area contributed by atoms with Gasteiger partial charge in [-0.2, -0.15) is 0 Å². The van der Waals surface area contributed by atoms with Crippen molar-refractivity contribution in [1.82, 2.24) is 14.9 Å². The van der Waals surface area contributed by atoms with Crippen molar-refractivity contribution in [3.8, 4) is 0 Å². The Morgan fingerprint density at radius 3 is 3.08 bits per heavy atom. The van der Waals surface area contributed by atoms with Crippen LogP contribution < -0.4 is 10.9 Å². The van der Waals surface area contributed by atoms with E-state index < -0.39 is 0 Å². The number of nitrogens with one attached hydrogen (secondary N) is 2. The molecule has 0 radical (unpaired) electrons. The number of carbonyl (C=O) groups is 1.